The highest BCUT2D eigenvalue weighted by molar-refractivity contribution is 5.92. The van der Waals surface area contributed by atoms with Crippen LogP contribution in [0.5, 0.6) is 0 Å². The Morgan fingerprint density at radius 2 is 1.68 bits per heavy atom. The van der Waals surface area contributed by atoms with Crippen LogP contribution < -0.4 is 5.32 Å². The number of carbonyl (C=O) groups is 3. The van der Waals surface area contributed by atoms with Gasteiger partial charge >= 0.3 is 18.1 Å². The summed E-state index contributed by atoms with van der Waals surface area (Å²) in [5, 5.41) is 18.6. The average Bonchev–Trinajstić information content (AvgIpc) is 3.29. The van der Waals surface area contributed by atoms with Gasteiger partial charge in [0.1, 0.15) is 5.76 Å². The quantitative estimate of drug-likeness (QED) is 0.561. The number of hydrogen-bond donors (Lipinski definition) is 3. The van der Waals surface area contributed by atoms with Gasteiger partial charge in [0.2, 0.25) is 0 Å². The maximum absolute atomic E-state index is 12.9. The molecule has 2 aromatic rings. The van der Waals surface area contributed by atoms with Crippen LogP contribution >= 0.6 is 0 Å². The van der Waals surface area contributed by atoms with Gasteiger partial charge in [-0.25, -0.2) is 9.59 Å². The van der Waals surface area contributed by atoms with E-state index < -0.39 is 23.7 Å². The lowest BCUT2D eigenvalue weighted by molar-refractivity contribution is -0.137. The summed E-state index contributed by atoms with van der Waals surface area (Å²) >= 11 is 0. The molecule has 0 unspecified atom stereocenters. The topological polar surface area (TPSA) is 120 Å². The van der Waals surface area contributed by atoms with Crippen LogP contribution in [0.1, 0.15) is 29.0 Å². The third kappa shape index (κ3) is 6.70. The summed E-state index contributed by atoms with van der Waals surface area (Å²) < 4.78 is 44.1. The smallest absolute Gasteiger partial charge is 0.416 e. The van der Waals surface area contributed by atoms with Gasteiger partial charge in [0.15, 0.2) is 5.76 Å². The highest BCUT2D eigenvalue weighted by atomic mass is 19.4. The number of rotatable bonds is 5. The Balaban J connectivity index is 0.000000350. The highest BCUT2D eigenvalue weighted by Gasteiger charge is 2.35. The first-order chi connectivity index (χ1) is 16.0. The fourth-order valence-corrected chi connectivity index (χ4v) is 3.97. The van der Waals surface area contributed by atoms with E-state index in [0.29, 0.717) is 23.6 Å². The lowest BCUT2D eigenvalue weighted by Gasteiger charge is -2.44. The van der Waals surface area contributed by atoms with E-state index in [4.69, 9.17) is 14.6 Å². The Kier molecular flexibility index (Phi) is 7.77. The fourth-order valence-electron chi connectivity index (χ4n) is 3.97. The zero-order chi connectivity index (χ0) is 24.9. The molecule has 1 aromatic carbocycles. The van der Waals surface area contributed by atoms with Crippen LogP contribution in [0.25, 0.3) is 11.3 Å². The molecule has 34 heavy (non-hydrogen) atoms. The fraction of sp³-hybridized carbons (Fsp3) is 0.348. The first-order valence-electron chi connectivity index (χ1n) is 10.5. The summed E-state index contributed by atoms with van der Waals surface area (Å²) in [6.45, 7) is 3.01. The van der Waals surface area contributed by atoms with Crippen LogP contribution in [0.2, 0.25) is 0 Å². The number of hydrogen-bond acceptors (Lipinski definition) is 5. The molecule has 1 amide bonds. The van der Waals surface area contributed by atoms with Crippen LogP contribution in [0.15, 0.2) is 53.0 Å². The number of alkyl halides is 3. The summed E-state index contributed by atoms with van der Waals surface area (Å²) in [5.41, 5.74) is -0.452. The van der Waals surface area contributed by atoms with E-state index in [2.05, 4.69) is 10.2 Å². The number of carboxylic acids is 2. The van der Waals surface area contributed by atoms with Gasteiger partial charge < -0.3 is 24.8 Å². The molecule has 3 aliphatic rings. The molecule has 0 saturated carbocycles. The Bertz CT molecular complexity index is 1050. The normalized spacial score (nSPS) is 21.6. The number of amides is 1. The molecule has 0 radical (unpaired) electrons. The molecule has 4 heterocycles. The minimum absolute atomic E-state index is 0.104. The number of aliphatic carboxylic acids is 2. The van der Waals surface area contributed by atoms with Crippen molar-refractivity contribution in [3.8, 4) is 11.3 Å². The summed E-state index contributed by atoms with van der Waals surface area (Å²) in [5.74, 6) is -1.98. The van der Waals surface area contributed by atoms with E-state index in [1.807, 2.05) is 0 Å². The first kappa shape index (κ1) is 25.0. The van der Waals surface area contributed by atoms with Gasteiger partial charge in [-0.15, -0.1) is 0 Å². The SMILES string of the molecule is O=C(N[C@H]1CN2CCC1CC2)c1ccc(-c2cccc(C(F)(F)F)c2)o1.O=C(O)C=CC(=O)O. The molecule has 182 valence electrons. The van der Waals surface area contributed by atoms with Crippen molar-refractivity contribution < 1.29 is 42.2 Å². The zero-order valence-corrected chi connectivity index (χ0v) is 17.9. The number of carboxylic acid groups (broad SMARTS) is 2. The third-order valence-electron chi connectivity index (χ3n) is 5.65. The molecular weight excluding hydrogens is 457 g/mol. The molecule has 3 fully saturated rings. The van der Waals surface area contributed by atoms with E-state index in [-0.39, 0.29) is 23.5 Å². The van der Waals surface area contributed by atoms with E-state index >= 15 is 0 Å². The number of carbonyl (C=O) groups excluding carboxylic acids is 1. The van der Waals surface area contributed by atoms with Crippen LogP contribution in [-0.4, -0.2) is 58.6 Å². The number of piperidine rings is 3. The number of fused-ring (bicyclic) bond motifs is 3. The molecule has 5 rings (SSSR count). The second-order valence-corrected chi connectivity index (χ2v) is 7.97. The van der Waals surface area contributed by atoms with E-state index in [1.165, 1.54) is 24.3 Å². The molecule has 3 aliphatic heterocycles. The minimum atomic E-state index is -4.42. The molecule has 1 aromatic heterocycles. The van der Waals surface area contributed by atoms with Gasteiger partial charge in [-0.05, 0) is 56.1 Å². The van der Waals surface area contributed by atoms with E-state index in [1.54, 1.807) is 0 Å². The Hall–Kier alpha value is -3.60. The predicted molar refractivity (Wildman–Crippen MR) is 114 cm³/mol. The van der Waals surface area contributed by atoms with Crippen molar-refractivity contribution in [3.63, 3.8) is 0 Å². The molecule has 1 atom stereocenters. The van der Waals surface area contributed by atoms with Gasteiger partial charge in [-0.2, -0.15) is 13.2 Å². The second kappa shape index (κ2) is 10.6. The molecule has 11 heteroatoms. The van der Waals surface area contributed by atoms with E-state index in [9.17, 15) is 27.6 Å². The Labute approximate surface area is 192 Å². The number of nitrogens with zero attached hydrogens (tertiary/aromatic N) is 1. The van der Waals surface area contributed by atoms with Crippen molar-refractivity contribution >= 4 is 17.8 Å². The maximum Gasteiger partial charge on any atom is 0.416 e. The largest absolute Gasteiger partial charge is 0.478 e. The van der Waals surface area contributed by atoms with Gasteiger partial charge in [0, 0.05) is 30.3 Å². The van der Waals surface area contributed by atoms with Crippen molar-refractivity contribution in [2.75, 3.05) is 19.6 Å². The lowest BCUT2D eigenvalue weighted by Crippen LogP contribution is -2.57. The zero-order valence-electron chi connectivity index (χ0n) is 17.9. The van der Waals surface area contributed by atoms with Gasteiger partial charge in [-0.3, -0.25) is 4.79 Å². The summed E-state index contributed by atoms with van der Waals surface area (Å²) in [6, 6.07) is 8.03. The predicted octanol–water partition coefficient (Wildman–Crippen LogP) is 3.50. The molecule has 3 N–H and O–H groups in total. The van der Waals surface area contributed by atoms with Gasteiger partial charge in [0.05, 0.1) is 5.56 Å². The van der Waals surface area contributed by atoms with Gasteiger partial charge in [-0.1, -0.05) is 12.1 Å². The van der Waals surface area contributed by atoms with Crippen molar-refractivity contribution in [3.05, 3.63) is 59.9 Å². The van der Waals surface area contributed by atoms with Gasteiger partial charge in [0.25, 0.3) is 5.91 Å². The number of benzene rings is 1. The third-order valence-corrected chi connectivity index (χ3v) is 5.65. The van der Waals surface area contributed by atoms with E-state index in [0.717, 1.165) is 44.6 Å². The van der Waals surface area contributed by atoms with Crippen molar-refractivity contribution in [2.45, 2.75) is 25.1 Å². The Morgan fingerprint density at radius 3 is 2.21 bits per heavy atom. The average molecular weight is 480 g/mol. The second-order valence-electron chi connectivity index (χ2n) is 7.97. The molecule has 0 spiro atoms. The molecule has 3 saturated heterocycles. The highest BCUT2D eigenvalue weighted by Crippen LogP contribution is 2.33. The monoisotopic (exact) mass is 480 g/mol. The molecule has 2 bridgehead atoms. The maximum atomic E-state index is 12.9. The van der Waals surface area contributed by atoms with Crippen LogP contribution in [-0.2, 0) is 15.8 Å². The summed E-state index contributed by atoms with van der Waals surface area (Å²) in [7, 11) is 0. The van der Waals surface area contributed by atoms with Crippen LogP contribution in [0.3, 0.4) is 0 Å². The number of nitrogens with one attached hydrogen (secondary N) is 1. The molecule has 0 aliphatic carbocycles. The summed E-state index contributed by atoms with van der Waals surface area (Å²) in [6.07, 6.45) is -1.14. The molecular formula is C23H23F3N2O6. The van der Waals surface area contributed by atoms with Crippen molar-refractivity contribution in [2.24, 2.45) is 5.92 Å². The lowest BCUT2D eigenvalue weighted by atomic mass is 9.84. The minimum Gasteiger partial charge on any atom is -0.478 e. The summed E-state index contributed by atoms with van der Waals surface area (Å²) in [4.78, 5) is 33.9. The molecule has 8 nitrogen and oxygen atoms in total. The number of furan rings is 1. The first-order valence-corrected chi connectivity index (χ1v) is 10.5. The van der Waals surface area contributed by atoms with Crippen molar-refractivity contribution in [1.29, 1.82) is 0 Å². The Morgan fingerprint density at radius 1 is 1.03 bits per heavy atom. The number of halogens is 3. The van der Waals surface area contributed by atoms with Crippen LogP contribution in [0.4, 0.5) is 13.2 Å². The standard InChI is InChI=1S/C19H19F3N2O2.C4H4O4/c20-19(21,22)14-3-1-2-13(10-14)16-4-5-17(26-16)18(25)23-15-11-24-8-6-12(15)7-9-24;5-3(6)1-2-4(7)8/h1-5,10,12,15H,6-9,11H2,(H,23,25);1-2H,(H,5,6)(H,7,8)/t15-;/m0./s1. The van der Waals surface area contributed by atoms with Crippen LogP contribution in [0, 0.1) is 5.92 Å². The van der Waals surface area contributed by atoms with Crippen molar-refractivity contribution in [1.82, 2.24) is 10.2 Å².